The smallest absolute Gasteiger partial charge is 0.257 e. The Morgan fingerprint density at radius 1 is 0.902 bits per heavy atom. The quantitative estimate of drug-likeness (QED) is 0.0950. The number of nitrogens with one attached hydrogen (secondary N) is 2. The number of carbonyl (C=O) groups excluding carboxylic acids is 1. The van der Waals surface area contributed by atoms with Gasteiger partial charge >= 0.3 is 0 Å². The molecular formula is C33H32N2O4S2. The van der Waals surface area contributed by atoms with Gasteiger partial charge in [0.15, 0.2) is 16.9 Å². The number of methoxy groups -OCH3 is 2. The molecule has 0 radical (unpaired) electrons. The van der Waals surface area contributed by atoms with Crippen LogP contribution in [0.2, 0.25) is 0 Å². The van der Waals surface area contributed by atoms with E-state index in [-0.39, 0.29) is 17.4 Å². The topological polar surface area (TPSA) is 76.7 Å². The van der Waals surface area contributed by atoms with Gasteiger partial charge in [-0.2, -0.15) is 0 Å². The molecule has 1 amide bonds. The Kier molecular flexibility index (Phi) is 9.24. The second kappa shape index (κ2) is 13.2. The molecule has 4 aromatic carbocycles. The summed E-state index contributed by atoms with van der Waals surface area (Å²) in [6.45, 7) is 3.03. The van der Waals surface area contributed by atoms with Crippen LogP contribution in [-0.2, 0) is 0 Å². The SMILES string of the molecule is COc1ccc(C(C)NCCCSc2ccc(NC(=O)c3cccc4c(=O)c5ccccc5sc34)cc2)cc1OC. The molecule has 1 aromatic heterocycles. The molecule has 0 aliphatic heterocycles. The molecule has 210 valence electrons. The number of fused-ring (bicyclic) bond motifs is 2. The van der Waals surface area contributed by atoms with E-state index in [1.807, 2.05) is 60.7 Å². The van der Waals surface area contributed by atoms with Crippen LogP contribution in [-0.4, -0.2) is 32.4 Å². The summed E-state index contributed by atoms with van der Waals surface area (Å²) >= 11 is 3.25. The highest BCUT2D eigenvalue weighted by molar-refractivity contribution is 7.99. The predicted molar refractivity (Wildman–Crippen MR) is 171 cm³/mol. The van der Waals surface area contributed by atoms with E-state index in [4.69, 9.17) is 9.47 Å². The number of amides is 1. The lowest BCUT2D eigenvalue weighted by Crippen LogP contribution is -2.20. The van der Waals surface area contributed by atoms with Gasteiger partial charge in [0.25, 0.3) is 5.91 Å². The number of ether oxygens (including phenoxy) is 2. The number of thioether (sulfide) groups is 1. The molecule has 5 aromatic rings. The molecule has 0 aliphatic rings. The molecule has 1 heterocycles. The first-order valence-corrected chi connectivity index (χ1v) is 15.2. The molecule has 0 aliphatic carbocycles. The summed E-state index contributed by atoms with van der Waals surface area (Å²) in [5.74, 6) is 2.21. The lowest BCUT2D eigenvalue weighted by molar-refractivity contribution is 0.102. The van der Waals surface area contributed by atoms with Gasteiger partial charge in [-0.1, -0.05) is 24.3 Å². The minimum Gasteiger partial charge on any atom is -0.493 e. The first-order chi connectivity index (χ1) is 20.0. The average molecular weight is 585 g/mol. The monoisotopic (exact) mass is 584 g/mol. The zero-order valence-electron chi connectivity index (χ0n) is 23.2. The van der Waals surface area contributed by atoms with Crippen LogP contribution in [0.15, 0.2) is 94.6 Å². The summed E-state index contributed by atoms with van der Waals surface area (Å²) in [6, 6.07) is 26.9. The standard InChI is InChI=1S/C33H32N2O4S2/c1-21(22-12-17-28(38-2)29(20-22)39-3)34-18-7-19-40-24-15-13-23(14-16-24)35-33(37)27-10-6-9-26-31(36)25-8-4-5-11-30(25)41-32(26)27/h4-6,8-17,20-21,34H,7,18-19H2,1-3H3,(H,35,37). The van der Waals surface area contributed by atoms with Crippen LogP contribution in [0.5, 0.6) is 11.5 Å². The van der Waals surface area contributed by atoms with Gasteiger partial charge in [0.05, 0.1) is 24.5 Å². The minimum absolute atomic E-state index is 0.0454. The Balaban J connectivity index is 1.14. The fourth-order valence-corrected chi connectivity index (χ4v) is 6.69. The zero-order chi connectivity index (χ0) is 28.8. The summed E-state index contributed by atoms with van der Waals surface area (Å²) in [4.78, 5) is 27.3. The van der Waals surface area contributed by atoms with E-state index in [1.54, 1.807) is 44.2 Å². The molecule has 0 spiro atoms. The number of carbonyl (C=O) groups is 1. The third-order valence-electron chi connectivity index (χ3n) is 6.91. The van der Waals surface area contributed by atoms with Crippen LogP contribution >= 0.6 is 23.1 Å². The normalized spacial score (nSPS) is 11.9. The summed E-state index contributed by atoms with van der Waals surface area (Å²) < 4.78 is 12.3. The van der Waals surface area contributed by atoms with Crippen molar-refractivity contribution in [2.24, 2.45) is 0 Å². The van der Waals surface area contributed by atoms with E-state index in [9.17, 15) is 9.59 Å². The molecule has 0 saturated carbocycles. The third-order valence-corrected chi connectivity index (χ3v) is 9.23. The Morgan fingerprint density at radius 3 is 2.44 bits per heavy atom. The van der Waals surface area contributed by atoms with E-state index in [2.05, 4.69) is 23.6 Å². The summed E-state index contributed by atoms with van der Waals surface area (Å²) in [5, 5.41) is 7.81. The van der Waals surface area contributed by atoms with Crippen molar-refractivity contribution >= 4 is 54.9 Å². The first kappa shape index (κ1) is 28.7. The van der Waals surface area contributed by atoms with Crippen LogP contribution in [0, 0.1) is 0 Å². The highest BCUT2D eigenvalue weighted by Gasteiger charge is 2.15. The fraction of sp³-hybridized carbons (Fsp3) is 0.212. The summed E-state index contributed by atoms with van der Waals surface area (Å²) in [7, 11) is 3.29. The van der Waals surface area contributed by atoms with E-state index in [0.29, 0.717) is 21.0 Å². The minimum atomic E-state index is -0.225. The van der Waals surface area contributed by atoms with Gasteiger partial charge in [0.1, 0.15) is 0 Å². The lowest BCUT2D eigenvalue weighted by Gasteiger charge is -2.16. The van der Waals surface area contributed by atoms with E-state index in [1.165, 1.54) is 11.3 Å². The molecule has 0 saturated heterocycles. The Labute approximate surface area is 247 Å². The van der Waals surface area contributed by atoms with Gasteiger partial charge in [-0.25, -0.2) is 0 Å². The molecule has 6 nitrogen and oxygen atoms in total. The maximum atomic E-state index is 13.2. The van der Waals surface area contributed by atoms with E-state index >= 15 is 0 Å². The third kappa shape index (κ3) is 6.56. The number of rotatable bonds is 11. The van der Waals surface area contributed by atoms with Crippen molar-refractivity contribution in [1.29, 1.82) is 0 Å². The maximum Gasteiger partial charge on any atom is 0.257 e. The van der Waals surface area contributed by atoms with Gasteiger partial charge in [-0.15, -0.1) is 23.1 Å². The molecule has 1 atom stereocenters. The van der Waals surface area contributed by atoms with Crippen LogP contribution in [0.25, 0.3) is 20.2 Å². The molecule has 5 rings (SSSR count). The molecule has 0 bridgehead atoms. The Bertz CT molecular complexity index is 1730. The highest BCUT2D eigenvalue weighted by Crippen LogP contribution is 2.30. The number of hydrogen-bond donors (Lipinski definition) is 2. The molecular weight excluding hydrogens is 553 g/mol. The summed E-state index contributed by atoms with van der Waals surface area (Å²) in [6.07, 6.45) is 1.01. The predicted octanol–water partition coefficient (Wildman–Crippen LogP) is 7.52. The Hall–Kier alpha value is -3.85. The largest absolute Gasteiger partial charge is 0.493 e. The fourth-order valence-electron chi connectivity index (χ4n) is 4.66. The van der Waals surface area contributed by atoms with Crippen LogP contribution in [0.3, 0.4) is 0 Å². The first-order valence-electron chi connectivity index (χ1n) is 13.4. The van der Waals surface area contributed by atoms with E-state index < -0.39 is 0 Å². The number of anilines is 1. The van der Waals surface area contributed by atoms with Crippen molar-refractivity contribution in [2.75, 3.05) is 31.8 Å². The molecule has 8 heteroatoms. The van der Waals surface area contributed by atoms with E-state index in [0.717, 1.165) is 51.1 Å². The molecule has 0 fully saturated rings. The highest BCUT2D eigenvalue weighted by atomic mass is 32.2. The van der Waals surface area contributed by atoms with Crippen molar-refractivity contribution in [3.05, 3.63) is 106 Å². The van der Waals surface area contributed by atoms with Gasteiger partial charge in [0.2, 0.25) is 0 Å². The molecule has 41 heavy (non-hydrogen) atoms. The van der Waals surface area contributed by atoms with Crippen molar-refractivity contribution in [3.63, 3.8) is 0 Å². The van der Waals surface area contributed by atoms with Crippen LogP contribution in [0.1, 0.15) is 35.3 Å². The van der Waals surface area contributed by atoms with Crippen molar-refractivity contribution < 1.29 is 14.3 Å². The second-order valence-corrected chi connectivity index (χ2v) is 11.8. The Morgan fingerprint density at radius 2 is 1.66 bits per heavy atom. The number of hydrogen-bond acceptors (Lipinski definition) is 7. The van der Waals surface area contributed by atoms with Crippen molar-refractivity contribution in [2.45, 2.75) is 24.3 Å². The molecule has 1 unspecified atom stereocenters. The summed E-state index contributed by atoms with van der Waals surface area (Å²) in [5.41, 5.74) is 2.33. The van der Waals surface area contributed by atoms with Gasteiger partial charge < -0.3 is 20.1 Å². The maximum absolute atomic E-state index is 13.2. The van der Waals surface area contributed by atoms with Crippen molar-refractivity contribution in [3.8, 4) is 11.5 Å². The second-order valence-electron chi connectivity index (χ2n) is 9.58. The van der Waals surface area contributed by atoms with Gasteiger partial charge in [0, 0.05) is 32.1 Å². The van der Waals surface area contributed by atoms with Gasteiger partial charge in [-0.05, 0) is 91.9 Å². The number of benzene rings is 4. The average Bonchev–Trinajstić information content (AvgIpc) is 3.01. The zero-order valence-corrected chi connectivity index (χ0v) is 24.9. The lowest BCUT2D eigenvalue weighted by atomic mass is 10.1. The molecule has 2 N–H and O–H groups in total. The van der Waals surface area contributed by atoms with Crippen LogP contribution in [0.4, 0.5) is 5.69 Å². The van der Waals surface area contributed by atoms with Crippen LogP contribution < -0.4 is 25.5 Å². The van der Waals surface area contributed by atoms with Crippen molar-refractivity contribution in [1.82, 2.24) is 5.32 Å². The van der Waals surface area contributed by atoms with Gasteiger partial charge in [-0.3, -0.25) is 9.59 Å².